The number of anilines is 2. The van der Waals surface area contributed by atoms with Crippen LogP contribution in [0.5, 0.6) is 0 Å². The number of hydrogen-bond acceptors (Lipinski definition) is 6. The number of hydrogen-bond donors (Lipinski definition) is 1. The van der Waals surface area contributed by atoms with Crippen LogP contribution in [0.4, 0.5) is 10.8 Å². The third-order valence-corrected chi connectivity index (χ3v) is 5.35. The maximum atomic E-state index is 12.5. The van der Waals surface area contributed by atoms with Crippen molar-refractivity contribution < 1.29 is 9.59 Å². The molecule has 0 spiro atoms. The topological polar surface area (TPSA) is 78.4 Å². The second kappa shape index (κ2) is 7.82. The second-order valence-electron chi connectivity index (χ2n) is 6.44. The molecule has 26 heavy (non-hydrogen) atoms. The molecule has 8 heteroatoms. The first-order valence-electron chi connectivity index (χ1n) is 8.71. The summed E-state index contributed by atoms with van der Waals surface area (Å²) in [6.07, 6.45) is 1.95. The van der Waals surface area contributed by atoms with Crippen LogP contribution in [0, 0.1) is 0 Å². The SMILES string of the molecule is CCC(=O)N1CCCC1C(=O)Nc1nnc(-c2ccc(N(C)C)cc2)s1. The van der Waals surface area contributed by atoms with Gasteiger partial charge in [-0.25, -0.2) is 0 Å². The number of carbonyl (C=O) groups is 2. The van der Waals surface area contributed by atoms with Crippen LogP contribution in [0.25, 0.3) is 10.6 Å². The molecule has 0 saturated carbocycles. The summed E-state index contributed by atoms with van der Waals surface area (Å²) in [4.78, 5) is 28.2. The maximum absolute atomic E-state index is 12.5. The van der Waals surface area contributed by atoms with Gasteiger partial charge in [0.15, 0.2) is 0 Å². The van der Waals surface area contributed by atoms with Gasteiger partial charge in [-0.2, -0.15) is 0 Å². The van der Waals surface area contributed by atoms with Crippen LogP contribution in [-0.4, -0.2) is 53.6 Å². The third kappa shape index (κ3) is 3.85. The third-order valence-electron chi connectivity index (χ3n) is 4.46. The molecule has 3 rings (SSSR count). The lowest BCUT2D eigenvalue weighted by molar-refractivity contribution is -0.136. The molecular formula is C18H23N5O2S. The Morgan fingerprint density at radius 1 is 1.27 bits per heavy atom. The largest absolute Gasteiger partial charge is 0.378 e. The predicted molar refractivity (Wildman–Crippen MR) is 103 cm³/mol. The summed E-state index contributed by atoms with van der Waals surface area (Å²) < 4.78 is 0. The number of rotatable bonds is 5. The van der Waals surface area contributed by atoms with E-state index in [1.54, 1.807) is 4.90 Å². The zero-order chi connectivity index (χ0) is 18.7. The lowest BCUT2D eigenvalue weighted by Gasteiger charge is -2.22. The maximum Gasteiger partial charge on any atom is 0.249 e. The van der Waals surface area contributed by atoms with Gasteiger partial charge in [-0.05, 0) is 37.1 Å². The van der Waals surface area contributed by atoms with Gasteiger partial charge in [0.1, 0.15) is 11.0 Å². The van der Waals surface area contributed by atoms with E-state index in [2.05, 4.69) is 15.5 Å². The van der Waals surface area contributed by atoms with Crippen molar-refractivity contribution in [3.8, 4) is 10.6 Å². The van der Waals surface area contributed by atoms with Crippen LogP contribution in [0.3, 0.4) is 0 Å². The molecule has 0 aliphatic carbocycles. The minimum absolute atomic E-state index is 0.0154. The van der Waals surface area contributed by atoms with Gasteiger partial charge in [-0.1, -0.05) is 18.3 Å². The molecule has 0 radical (unpaired) electrons. The Hall–Kier alpha value is -2.48. The van der Waals surface area contributed by atoms with Crippen molar-refractivity contribution in [2.45, 2.75) is 32.2 Å². The van der Waals surface area contributed by atoms with E-state index >= 15 is 0 Å². The van der Waals surface area contributed by atoms with Gasteiger partial charge in [0.2, 0.25) is 16.9 Å². The molecule has 1 unspecified atom stereocenters. The Labute approximate surface area is 157 Å². The molecular weight excluding hydrogens is 350 g/mol. The van der Waals surface area contributed by atoms with Crippen LogP contribution in [0.1, 0.15) is 26.2 Å². The first-order chi connectivity index (χ1) is 12.5. The van der Waals surface area contributed by atoms with Crippen molar-refractivity contribution in [1.82, 2.24) is 15.1 Å². The Morgan fingerprint density at radius 2 is 2.00 bits per heavy atom. The summed E-state index contributed by atoms with van der Waals surface area (Å²) in [5.41, 5.74) is 2.06. The van der Waals surface area contributed by atoms with Gasteiger partial charge in [0, 0.05) is 38.3 Å². The second-order valence-corrected chi connectivity index (χ2v) is 7.42. The van der Waals surface area contributed by atoms with E-state index in [9.17, 15) is 9.59 Å². The number of benzene rings is 1. The molecule has 1 aromatic carbocycles. The summed E-state index contributed by atoms with van der Waals surface area (Å²) >= 11 is 1.33. The number of carbonyl (C=O) groups excluding carboxylic acids is 2. The summed E-state index contributed by atoms with van der Waals surface area (Å²) in [7, 11) is 3.98. The minimum Gasteiger partial charge on any atom is -0.378 e. The number of nitrogens with zero attached hydrogens (tertiary/aromatic N) is 4. The molecule has 1 saturated heterocycles. The van der Waals surface area contributed by atoms with Crippen LogP contribution in [0.15, 0.2) is 24.3 Å². The lowest BCUT2D eigenvalue weighted by atomic mass is 10.2. The summed E-state index contributed by atoms with van der Waals surface area (Å²) in [5, 5.41) is 12.3. The van der Waals surface area contributed by atoms with Gasteiger partial charge in [0.05, 0.1) is 0 Å². The van der Waals surface area contributed by atoms with E-state index in [1.165, 1.54) is 11.3 Å². The number of amides is 2. The number of aromatic nitrogens is 2. The molecule has 1 atom stereocenters. The van der Waals surface area contributed by atoms with E-state index in [1.807, 2.05) is 50.2 Å². The lowest BCUT2D eigenvalue weighted by Crippen LogP contribution is -2.42. The molecule has 7 nitrogen and oxygen atoms in total. The fourth-order valence-corrected chi connectivity index (χ4v) is 3.77. The van der Waals surface area contributed by atoms with Gasteiger partial charge in [-0.3, -0.25) is 14.9 Å². The first kappa shape index (κ1) is 18.3. The van der Waals surface area contributed by atoms with Crippen molar-refractivity contribution in [3.63, 3.8) is 0 Å². The standard InChI is InChI=1S/C18H23N5O2S/c1-4-15(24)23-11-5-6-14(23)16(25)19-18-21-20-17(26-18)12-7-9-13(10-8-12)22(2)3/h7-10,14H,4-6,11H2,1-3H3,(H,19,21,25). The highest BCUT2D eigenvalue weighted by atomic mass is 32.1. The molecule has 2 amide bonds. The highest BCUT2D eigenvalue weighted by Crippen LogP contribution is 2.28. The Kier molecular flexibility index (Phi) is 5.51. The average molecular weight is 373 g/mol. The molecule has 1 aliphatic rings. The number of likely N-dealkylation sites (tertiary alicyclic amines) is 1. The van der Waals surface area contributed by atoms with Gasteiger partial charge in [0.25, 0.3) is 0 Å². The molecule has 1 fully saturated rings. The van der Waals surface area contributed by atoms with Crippen LogP contribution in [0.2, 0.25) is 0 Å². The van der Waals surface area contributed by atoms with Crippen molar-refractivity contribution >= 4 is 34.0 Å². The van der Waals surface area contributed by atoms with E-state index < -0.39 is 6.04 Å². The van der Waals surface area contributed by atoms with Gasteiger partial charge >= 0.3 is 0 Å². The Balaban J connectivity index is 1.68. The van der Waals surface area contributed by atoms with Crippen LogP contribution in [-0.2, 0) is 9.59 Å². The molecule has 1 N–H and O–H groups in total. The molecule has 138 valence electrons. The summed E-state index contributed by atoms with van der Waals surface area (Å²) in [6, 6.07) is 7.60. The molecule has 1 aromatic heterocycles. The smallest absolute Gasteiger partial charge is 0.249 e. The van der Waals surface area contributed by atoms with E-state index in [4.69, 9.17) is 0 Å². The van der Waals surface area contributed by atoms with Gasteiger partial charge in [-0.15, -0.1) is 10.2 Å². The highest BCUT2D eigenvalue weighted by Gasteiger charge is 2.33. The van der Waals surface area contributed by atoms with Crippen molar-refractivity contribution in [1.29, 1.82) is 0 Å². The van der Waals surface area contributed by atoms with Crippen LogP contribution >= 0.6 is 11.3 Å². The number of nitrogens with one attached hydrogen (secondary N) is 1. The Bertz CT molecular complexity index is 787. The first-order valence-corrected chi connectivity index (χ1v) is 9.53. The van der Waals surface area contributed by atoms with Crippen molar-refractivity contribution in [2.24, 2.45) is 0 Å². The molecule has 1 aliphatic heterocycles. The Morgan fingerprint density at radius 3 is 2.65 bits per heavy atom. The molecule has 2 aromatic rings. The van der Waals surface area contributed by atoms with Crippen molar-refractivity contribution in [3.05, 3.63) is 24.3 Å². The summed E-state index contributed by atoms with van der Waals surface area (Å²) in [6.45, 7) is 2.46. The highest BCUT2D eigenvalue weighted by molar-refractivity contribution is 7.18. The zero-order valence-corrected chi connectivity index (χ0v) is 16.0. The summed E-state index contributed by atoms with van der Waals surface area (Å²) in [5.74, 6) is -0.170. The van der Waals surface area contributed by atoms with E-state index in [0.29, 0.717) is 24.5 Å². The monoisotopic (exact) mass is 373 g/mol. The normalized spacial score (nSPS) is 16.6. The fraction of sp³-hybridized carbons (Fsp3) is 0.444. The molecule has 2 heterocycles. The van der Waals surface area contributed by atoms with E-state index in [-0.39, 0.29) is 11.8 Å². The minimum atomic E-state index is -0.408. The zero-order valence-electron chi connectivity index (χ0n) is 15.2. The van der Waals surface area contributed by atoms with E-state index in [0.717, 1.165) is 22.7 Å². The molecule has 0 bridgehead atoms. The average Bonchev–Trinajstić information content (AvgIpc) is 3.30. The van der Waals surface area contributed by atoms with Crippen LogP contribution < -0.4 is 10.2 Å². The fourth-order valence-electron chi connectivity index (χ4n) is 3.02. The quantitative estimate of drug-likeness (QED) is 0.872. The van der Waals surface area contributed by atoms with Crippen molar-refractivity contribution in [2.75, 3.05) is 30.9 Å². The van der Waals surface area contributed by atoms with Gasteiger partial charge < -0.3 is 9.80 Å². The predicted octanol–water partition coefficient (Wildman–Crippen LogP) is 2.61.